The molecule has 2 atom stereocenters. The van der Waals surface area contributed by atoms with Crippen LogP contribution in [-0.2, 0) is 21.2 Å². The lowest BCUT2D eigenvalue weighted by Gasteiger charge is -2.45. The van der Waals surface area contributed by atoms with E-state index in [0.29, 0.717) is 25.1 Å². The van der Waals surface area contributed by atoms with Crippen LogP contribution in [0, 0.1) is 18.2 Å². The largest absolute Gasteiger partial charge is 0.495 e. The van der Waals surface area contributed by atoms with Crippen molar-refractivity contribution in [2.75, 3.05) is 33.5 Å². The topological polar surface area (TPSA) is 84.7 Å². The molecule has 0 saturated carbocycles. The Labute approximate surface area is 224 Å². The van der Waals surface area contributed by atoms with E-state index in [2.05, 4.69) is 4.98 Å². The normalized spacial score (nSPS) is 19.1. The highest BCUT2D eigenvalue weighted by Gasteiger charge is 2.47. The number of benzene rings is 2. The number of ether oxygens (including phenoxy) is 1. The molecular formula is C28H35FN4O4S. The Kier molecular flexibility index (Phi) is 7.94. The van der Waals surface area contributed by atoms with Crippen molar-refractivity contribution in [2.24, 2.45) is 5.41 Å². The molecule has 1 fully saturated rings. The van der Waals surface area contributed by atoms with Gasteiger partial charge in [-0.1, -0.05) is 18.2 Å². The van der Waals surface area contributed by atoms with Crippen LogP contribution in [0.5, 0.6) is 5.75 Å². The maximum Gasteiger partial charge on any atom is 0.230 e. The van der Waals surface area contributed by atoms with E-state index in [1.807, 2.05) is 42.8 Å². The second-order valence-electron chi connectivity index (χ2n) is 10.2. The first-order valence-corrected chi connectivity index (χ1v) is 14.4. The highest BCUT2D eigenvalue weighted by Crippen LogP contribution is 2.40. The number of nitrogens with zero attached hydrogens (tertiary/aromatic N) is 4. The Morgan fingerprint density at radius 1 is 1.21 bits per heavy atom. The van der Waals surface area contributed by atoms with E-state index in [-0.39, 0.29) is 24.3 Å². The van der Waals surface area contributed by atoms with Crippen molar-refractivity contribution in [3.63, 3.8) is 0 Å². The molecule has 4 rings (SSSR count). The molecule has 0 bridgehead atoms. The molecule has 8 nitrogen and oxygen atoms in total. The van der Waals surface area contributed by atoms with Gasteiger partial charge in [0.2, 0.25) is 15.9 Å². The van der Waals surface area contributed by atoms with Gasteiger partial charge >= 0.3 is 0 Å². The summed E-state index contributed by atoms with van der Waals surface area (Å²) < 4.78 is 47.2. The van der Waals surface area contributed by atoms with E-state index in [4.69, 9.17) is 4.74 Å². The molecule has 0 spiro atoms. The molecule has 1 amide bonds. The SMILES string of the molecule is COc1cc(CC2(CN(C)S(C)(=O)=O)CCCN([C@@H](C)c3ccc(F)cc3)C2=O)ccc1-n1cnc(C)c1. The van der Waals surface area contributed by atoms with Gasteiger partial charge in [-0.05, 0) is 68.5 Å². The summed E-state index contributed by atoms with van der Waals surface area (Å²) >= 11 is 0. The lowest BCUT2D eigenvalue weighted by atomic mass is 9.73. The predicted molar refractivity (Wildman–Crippen MR) is 144 cm³/mol. The molecule has 2 heterocycles. The van der Waals surface area contributed by atoms with Crippen LogP contribution in [-0.4, -0.2) is 66.6 Å². The number of aromatic nitrogens is 2. The monoisotopic (exact) mass is 542 g/mol. The van der Waals surface area contributed by atoms with Crippen LogP contribution in [0.2, 0.25) is 0 Å². The van der Waals surface area contributed by atoms with Gasteiger partial charge in [0.1, 0.15) is 11.6 Å². The molecule has 2 aromatic carbocycles. The summed E-state index contributed by atoms with van der Waals surface area (Å²) in [4.78, 5) is 20.3. The van der Waals surface area contributed by atoms with Gasteiger partial charge in [-0.15, -0.1) is 0 Å². The maximum atomic E-state index is 14.2. The molecule has 38 heavy (non-hydrogen) atoms. The number of likely N-dealkylation sites (tertiary alicyclic amines) is 1. The van der Waals surface area contributed by atoms with Crippen LogP contribution in [0.4, 0.5) is 4.39 Å². The van der Waals surface area contributed by atoms with E-state index in [1.165, 1.54) is 23.5 Å². The van der Waals surface area contributed by atoms with Crippen molar-refractivity contribution >= 4 is 15.9 Å². The van der Waals surface area contributed by atoms with Gasteiger partial charge < -0.3 is 14.2 Å². The van der Waals surface area contributed by atoms with Crippen molar-refractivity contribution in [1.29, 1.82) is 0 Å². The average Bonchev–Trinajstić information content (AvgIpc) is 3.31. The molecule has 1 aliphatic heterocycles. The molecule has 3 aromatic rings. The number of hydrogen-bond acceptors (Lipinski definition) is 5. The number of aryl methyl sites for hydroxylation is 1. The van der Waals surface area contributed by atoms with Gasteiger partial charge in [0.05, 0.1) is 42.5 Å². The summed E-state index contributed by atoms with van der Waals surface area (Å²) in [6.07, 6.45) is 6.38. The third kappa shape index (κ3) is 5.76. The zero-order chi connectivity index (χ0) is 27.7. The van der Waals surface area contributed by atoms with Crippen molar-refractivity contribution in [3.8, 4) is 11.4 Å². The molecule has 1 unspecified atom stereocenters. The summed E-state index contributed by atoms with van der Waals surface area (Å²) in [5.74, 6) is 0.189. The molecule has 1 aliphatic rings. The number of piperidine rings is 1. The van der Waals surface area contributed by atoms with Crippen LogP contribution < -0.4 is 4.74 Å². The minimum Gasteiger partial charge on any atom is -0.495 e. The number of halogens is 1. The lowest BCUT2D eigenvalue weighted by Crippen LogP contribution is -2.55. The number of amides is 1. The van der Waals surface area contributed by atoms with Crippen molar-refractivity contribution in [3.05, 3.63) is 77.6 Å². The molecule has 0 N–H and O–H groups in total. The minimum absolute atomic E-state index is 0.0576. The van der Waals surface area contributed by atoms with Crippen molar-refractivity contribution in [2.45, 2.75) is 39.2 Å². The highest BCUT2D eigenvalue weighted by molar-refractivity contribution is 7.88. The van der Waals surface area contributed by atoms with Crippen molar-refractivity contribution < 1.29 is 22.3 Å². The summed E-state index contributed by atoms with van der Waals surface area (Å²) in [5, 5.41) is 0. The standard InChI is InChI=1S/C28H35FN4O4S/c1-20-17-32(19-30-20)25-12-7-22(15-26(25)37-4)16-28(18-31(3)38(5,35)36)13-6-14-33(27(28)34)21(2)23-8-10-24(29)11-9-23/h7-12,15,17,19,21H,6,13-14,16,18H2,1-5H3/t21-,28?/m0/s1. The van der Waals surface area contributed by atoms with Gasteiger partial charge in [-0.25, -0.2) is 22.1 Å². The van der Waals surface area contributed by atoms with Crippen LogP contribution >= 0.6 is 0 Å². The summed E-state index contributed by atoms with van der Waals surface area (Å²) in [7, 11) is -0.412. The van der Waals surface area contributed by atoms with Crippen LogP contribution in [0.3, 0.4) is 0 Å². The Balaban J connectivity index is 1.71. The predicted octanol–water partition coefficient (Wildman–Crippen LogP) is 4.13. The molecule has 1 saturated heterocycles. The third-order valence-electron chi connectivity index (χ3n) is 7.46. The number of hydrogen-bond donors (Lipinski definition) is 0. The molecule has 0 radical (unpaired) electrons. The number of imidazole rings is 1. The third-order valence-corrected chi connectivity index (χ3v) is 8.72. The van der Waals surface area contributed by atoms with Crippen LogP contribution in [0.1, 0.15) is 42.6 Å². The molecule has 204 valence electrons. The first kappa shape index (κ1) is 27.8. The molecule has 0 aliphatic carbocycles. The average molecular weight is 543 g/mol. The molecule has 1 aromatic heterocycles. The highest BCUT2D eigenvalue weighted by atomic mass is 32.2. The summed E-state index contributed by atoms with van der Waals surface area (Å²) in [5.41, 5.74) is 2.42. The fraction of sp³-hybridized carbons (Fsp3) is 0.429. The Hall–Kier alpha value is -3.24. The fourth-order valence-electron chi connectivity index (χ4n) is 5.29. The quantitative estimate of drug-likeness (QED) is 0.406. The number of methoxy groups -OCH3 is 1. The Morgan fingerprint density at radius 2 is 1.92 bits per heavy atom. The Morgan fingerprint density at radius 3 is 2.53 bits per heavy atom. The smallest absolute Gasteiger partial charge is 0.230 e. The van der Waals surface area contributed by atoms with E-state index < -0.39 is 15.4 Å². The van der Waals surface area contributed by atoms with Gasteiger partial charge in [0, 0.05) is 26.3 Å². The van der Waals surface area contributed by atoms with E-state index in [9.17, 15) is 17.6 Å². The van der Waals surface area contributed by atoms with E-state index >= 15 is 0 Å². The fourth-order valence-corrected chi connectivity index (χ4v) is 5.77. The minimum atomic E-state index is -3.52. The van der Waals surface area contributed by atoms with Crippen LogP contribution in [0.25, 0.3) is 5.69 Å². The molecular weight excluding hydrogens is 507 g/mol. The second-order valence-corrected chi connectivity index (χ2v) is 12.3. The van der Waals surface area contributed by atoms with Crippen LogP contribution in [0.15, 0.2) is 55.0 Å². The summed E-state index contributed by atoms with van der Waals surface area (Å²) in [6.45, 7) is 4.44. The number of carbonyl (C=O) groups excluding carboxylic acids is 1. The number of sulfonamides is 1. The second kappa shape index (κ2) is 10.9. The van der Waals surface area contributed by atoms with E-state index in [1.54, 1.807) is 30.5 Å². The first-order valence-electron chi connectivity index (χ1n) is 12.6. The van der Waals surface area contributed by atoms with Gasteiger partial charge in [-0.3, -0.25) is 4.79 Å². The zero-order valence-corrected chi connectivity index (χ0v) is 23.3. The number of rotatable bonds is 9. The van der Waals surface area contributed by atoms with E-state index in [0.717, 1.165) is 35.2 Å². The zero-order valence-electron chi connectivity index (χ0n) is 22.5. The van der Waals surface area contributed by atoms with Gasteiger partial charge in [-0.2, -0.15) is 0 Å². The van der Waals surface area contributed by atoms with Gasteiger partial charge in [0.15, 0.2) is 0 Å². The first-order chi connectivity index (χ1) is 17.9. The lowest BCUT2D eigenvalue weighted by molar-refractivity contribution is -0.149. The van der Waals surface area contributed by atoms with Crippen molar-refractivity contribution in [1.82, 2.24) is 18.8 Å². The Bertz CT molecular complexity index is 1410. The summed E-state index contributed by atoms with van der Waals surface area (Å²) in [6, 6.07) is 11.7. The number of carbonyl (C=O) groups is 1. The van der Waals surface area contributed by atoms with Gasteiger partial charge in [0.25, 0.3) is 0 Å². The maximum absolute atomic E-state index is 14.2. The molecule has 10 heteroatoms.